The Morgan fingerprint density at radius 3 is 2.67 bits per heavy atom. The van der Waals surface area contributed by atoms with Crippen LogP contribution in [0.1, 0.15) is 18.4 Å². The van der Waals surface area contributed by atoms with E-state index in [1.807, 2.05) is 18.3 Å². The van der Waals surface area contributed by atoms with Gasteiger partial charge in [0.25, 0.3) is 0 Å². The number of pyridine rings is 1. The van der Waals surface area contributed by atoms with Crippen LogP contribution in [0.25, 0.3) is 0 Å². The van der Waals surface area contributed by atoms with Crippen molar-refractivity contribution >= 4 is 27.4 Å². The molecular formula is C16H17BrFN3. The summed E-state index contributed by atoms with van der Waals surface area (Å²) >= 11 is 3.20. The minimum absolute atomic E-state index is 0.240. The van der Waals surface area contributed by atoms with Gasteiger partial charge in [0, 0.05) is 19.6 Å². The zero-order valence-corrected chi connectivity index (χ0v) is 13.2. The molecule has 1 aromatic heterocycles. The first-order valence-corrected chi connectivity index (χ1v) is 7.90. The van der Waals surface area contributed by atoms with Crippen LogP contribution in [0.5, 0.6) is 0 Å². The van der Waals surface area contributed by atoms with Gasteiger partial charge in [0.15, 0.2) is 0 Å². The van der Waals surface area contributed by atoms with Gasteiger partial charge >= 0.3 is 0 Å². The van der Waals surface area contributed by atoms with E-state index < -0.39 is 0 Å². The van der Waals surface area contributed by atoms with Gasteiger partial charge in [0.05, 0.1) is 16.4 Å². The van der Waals surface area contributed by atoms with Gasteiger partial charge in [-0.3, -0.25) is 0 Å². The van der Waals surface area contributed by atoms with Crippen LogP contribution in [-0.2, 0) is 6.54 Å². The second-order valence-corrected chi connectivity index (χ2v) is 6.06. The average Bonchev–Trinajstić information content (AvgIpc) is 3.03. The van der Waals surface area contributed by atoms with E-state index in [4.69, 9.17) is 0 Å². The summed E-state index contributed by atoms with van der Waals surface area (Å²) in [6.45, 7) is 2.84. The van der Waals surface area contributed by atoms with Crippen molar-refractivity contribution in [2.45, 2.75) is 19.4 Å². The maximum Gasteiger partial charge on any atom is 0.137 e. The SMILES string of the molecule is Fc1ccc(CNc2ccc(N3CCCC3)nc2)cc1Br. The molecule has 0 bridgehead atoms. The van der Waals surface area contributed by atoms with Crippen molar-refractivity contribution in [3.8, 4) is 0 Å². The minimum Gasteiger partial charge on any atom is -0.380 e. The zero-order valence-electron chi connectivity index (χ0n) is 11.6. The molecular weight excluding hydrogens is 333 g/mol. The molecule has 0 saturated carbocycles. The Bertz CT molecular complexity index is 609. The Hall–Kier alpha value is -1.62. The molecule has 1 fully saturated rings. The molecule has 2 heterocycles. The molecule has 3 nitrogen and oxygen atoms in total. The van der Waals surface area contributed by atoms with Crippen molar-refractivity contribution in [3.63, 3.8) is 0 Å². The molecule has 0 spiro atoms. The highest BCUT2D eigenvalue weighted by Crippen LogP contribution is 2.20. The van der Waals surface area contributed by atoms with Crippen molar-refractivity contribution in [1.29, 1.82) is 0 Å². The summed E-state index contributed by atoms with van der Waals surface area (Å²) in [6.07, 6.45) is 4.36. The summed E-state index contributed by atoms with van der Waals surface area (Å²) < 4.78 is 13.7. The van der Waals surface area contributed by atoms with Crippen molar-refractivity contribution in [2.75, 3.05) is 23.3 Å². The molecule has 0 aliphatic carbocycles. The summed E-state index contributed by atoms with van der Waals surface area (Å²) in [5.41, 5.74) is 1.99. The molecule has 110 valence electrons. The summed E-state index contributed by atoms with van der Waals surface area (Å²) in [5, 5.41) is 3.30. The van der Waals surface area contributed by atoms with E-state index in [1.165, 1.54) is 18.9 Å². The summed E-state index contributed by atoms with van der Waals surface area (Å²) in [7, 11) is 0. The highest BCUT2D eigenvalue weighted by Gasteiger charge is 2.12. The molecule has 0 radical (unpaired) electrons. The first kappa shape index (κ1) is 14.3. The van der Waals surface area contributed by atoms with Crippen LogP contribution < -0.4 is 10.2 Å². The van der Waals surface area contributed by atoms with Crippen LogP contribution in [0, 0.1) is 5.82 Å². The van der Waals surface area contributed by atoms with Crippen molar-refractivity contribution in [3.05, 3.63) is 52.4 Å². The van der Waals surface area contributed by atoms with Gasteiger partial charge in [-0.25, -0.2) is 9.37 Å². The monoisotopic (exact) mass is 349 g/mol. The Morgan fingerprint density at radius 2 is 2.00 bits per heavy atom. The van der Waals surface area contributed by atoms with Crippen LogP contribution in [0.4, 0.5) is 15.9 Å². The Balaban J connectivity index is 1.61. The predicted octanol–water partition coefficient (Wildman–Crippen LogP) is 4.20. The van der Waals surface area contributed by atoms with Crippen LogP contribution >= 0.6 is 15.9 Å². The van der Waals surface area contributed by atoms with E-state index >= 15 is 0 Å². The third kappa shape index (κ3) is 3.53. The number of halogens is 2. The van der Waals surface area contributed by atoms with Gasteiger partial charge in [-0.1, -0.05) is 6.07 Å². The molecule has 5 heteroatoms. The lowest BCUT2D eigenvalue weighted by molar-refractivity contribution is 0.620. The van der Waals surface area contributed by atoms with E-state index in [9.17, 15) is 4.39 Å². The number of hydrogen-bond donors (Lipinski definition) is 1. The van der Waals surface area contributed by atoms with Crippen LogP contribution in [0.15, 0.2) is 41.0 Å². The second kappa shape index (κ2) is 6.43. The molecule has 1 aromatic carbocycles. The molecule has 1 aliphatic rings. The summed E-state index contributed by atoms with van der Waals surface area (Å²) in [6, 6.07) is 9.12. The largest absolute Gasteiger partial charge is 0.380 e. The number of anilines is 2. The molecule has 0 amide bonds. The molecule has 2 aromatic rings. The first-order chi connectivity index (χ1) is 10.2. The third-order valence-corrected chi connectivity index (χ3v) is 4.27. The molecule has 0 unspecified atom stereocenters. The van der Waals surface area contributed by atoms with Crippen molar-refractivity contribution in [2.24, 2.45) is 0 Å². The fraction of sp³-hybridized carbons (Fsp3) is 0.312. The fourth-order valence-corrected chi connectivity index (χ4v) is 2.90. The van der Waals surface area contributed by atoms with Gasteiger partial charge in [0.2, 0.25) is 0 Å². The van der Waals surface area contributed by atoms with Crippen LogP contribution in [-0.4, -0.2) is 18.1 Å². The van der Waals surface area contributed by atoms with Gasteiger partial charge in [-0.05, 0) is 58.6 Å². The topological polar surface area (TPSA) is 28.2 Å². The summed E-state index contributed by atoms with van der Waals surface area (Å²) in [4.78, 5) is 6.81. The fourth-order valence-electron chi connectivity index (χ4n) is 2.48. The normalized spacial score (nSPS) is 14.5. The van der Waals surface area contributed by atoms with Crippen molar-refractivity contribution < 1.29 is 4.39 Å². The van der Waals surface area contributed by atoms with E-state index in [0.29, 0.717) is 11.0 Å². The smallest absolute Gasteiger partial charge is 0.137 e. The predicted molar refractivity (Wildman–Crippen MR) is 87.1 cm³/mol. The number of aromatic nitrogens is 1. The summed E-state index contributed by atoms with van der Waals surface area (Å²) in [5.74, 6) is 0.804. The standard InChI is InChI=1S/C16H17BrFN3/c17-14-9-12(3-5-15(14)18)10-19-13-4-6-16(20-11-13)21-7-1-2-8-21/h3-6,9,11,19H,1-2,7-8,10H2. The molecule has 21 heavy (non-hydrogen) atoms. The maximum atomic E-state index is 13.2. The lowest BCUT2D eigenvalue weighted by atomic mass is 10.2. The van der Waals surface area contributed by atoms with E-state index in [-0.39, 0.29) is 5.82 Å². The second-order valence-electron chi connectivity index (χ2n) is 5.20. The van der Waals surface area contributed by atoms with E-state index in [0.717, 1.165) is 30.2 Å². The Morgan fingerprint density at radius 1 is 1.19 bits per heavy atom. The number of hydrogen-bond acceptors (Lipinski definition) is 3. The highest BCUT2D eigenvalue weighted by atomic mass is 79.9. The molecule has 1 saturated heterocycles. The lowest BCUT2D eigenvalue weighted by Crippen LogP contribution is -2.18. The Kier molecular flexibility index (Phi) is 4.39. The van der Waals surface area contributed by atoms with Crippen LogP contribution in [0.2, 0.25) is 0 Å². The van der Waals surface area contributed by atoms with Crippen LogP contribution in [0.3, 0.4) is 0 Å². The minimum atomic E-state index is -0.240. The lowest BCUT2D eigenvalue weighted by Gasteiger charge is -2.16. The number of nitrogens with zero attached hydrogens (tertiary/aromatic N) is 2. The molecule has 1 aliphatic heterocycles. The Labute approximate surface area is 132 Å². The average molecular weight is 350 g/mol. The van der Waals surface area contributed by atoms with E-state index in [2.05, 4.69) is 31.1 Å². The van der Waals surface area contributed by atoms with Gasteiger partial charge in [0.1, 0.15) is 11.6 Å². The quantitative estimate of drug-likeness (QED) is 0.896. The number of benzene rings is 1. The van der Waals surface area contributed by atoms with Gasteiger partial charge in [-0.2, -0.15) is 0 Å². The third-order valence-electron chi connectivity index (χ3n) is 3.66. The number of nitrogens with one attached hydrogen (secondary N) is 1. The molecule has 0 atom stereocenters. The molecule has 1 N–H and O–H groups in total. The molecule has 3 rings (SSSR count). The zero-order chi connectivity index (χ0) is 14.7. The maximum absolute atomic E-state index is 13.2. The number of rotatable bonds is 4. The van der Waals surface area contributed by atoms with Gasteiger partial charge in [-0.15, -0.1) is 0 Å². The first-order valence-electron chi connectivity index (χ1n) is 7.11. The van der Waals surface area contributed by atoms with E-state index in [1.54, 1.807) is 12.1 Å². The highest BCUT2D eigenvalue weighted by molar-refractivity contribution is 9.10. The van der Waals surface area contributed by atoms with Crippen molar-refractivity contribution in [1.82, 2.24) is 4.98 Å². The van der Waals surface area contributed by atoms with Gasteiger partial charge < -0.3 is 10.2 Å².